The average Bonchev–Trinajstić information content (AvgIpc) is 3.13. The smallest absolute Gasteiger partial charge is 0.244 e. The molecule has 0 saturated carbocycles. The molecule has 0 saturated heterocycles. The minimum atomic E-state index is -0.197. The number of hydrogen-bond donors (Lipinski definition) is 1. The molecule has 26 heavy (non-hydrogen) atoms. The van der Waals surface area contributed by atoms with Gasteiger partial charge in [0.05, 0.1) is 20.3 Å². The van der Waals surface area contributed by atoms with E-state index in [1.807, 2.05) is 37.3 Å². The summed E-state index contributed by atoms with van der Waals surface area (Å²) in [5, 5.41) is 2.93. The van der Waals surface area contributed by atoms with Gasteiger partial charge in [0.1, 0.15) is 11.5 Å². The molecule has 136 valence electrons. The van der Waals surface area contributed by atoms with Crippen molar-refractivity contribution in [1.82, 2.24) is 5.32 Å². The number of amides is 1. The van der Waals surface area contributed by atoms with Gasteiger partial charge < -0.3 is 24.3 Å². The normalized spacial score (nSPS) is 13.5. The fraction of sp³-hybridized carbons (Fsp3) is 0.250. The third-order valence-electron chi connectivity index (χ3n) is 4.06. The van der Waals surface area contributed by atoms with Crippen molar-refractivity contribution >= 4 is 12.0 Å². The molecule has 2 aromatic carbocycles. The Morgan fingerprint density at radius 2 is 1.77 bits per heavy atom. The van der Waals surface area contributed by atoms with Gasteiger partial charge in [-0.15, -0.1) is 0 Å². The Hall–Kier alpha value is -3.15. The lowest BCUT2D eigenvalue weighted by Crippen LogP contribution is -2.24. The first kappa shape index (κ1) is 17.7. The first-order chi connectivity index (χ1) is 12.6. The summed E-state index contributed by atoms with van der Waals surface area (Å²) in [6, 6.07) is 10.9. The van der Waals surface area contributed by atoms with Gasteiger partial charge in [0, 0.05) is 12.1 Å². The molecule has 0 fully saturated rings. The van der Waals surface area contributed by atoms with Crippen LogP contribution in [0, 0.1) is 0 Å². The molecule has 3 rings (SSSR count). The second kappa shape index (κ2) is 7.82. The van der Waals surface area contributed by atoms with E-state index < -0.39 is 0 Å². The van der Waals surface area contributed by atoms with Crippen LogP contribution in [0.25, 0.3) is 6.08 Å². The summed E-state index contributed by atoms with van der Waals surface area (Å²) in [6.07, 6.45) is 3.20. The third kappa shape index (κ3) is 4.08. The SMILES string of the molecule is COc1cc(/C=C/C(=O)NC(C)c2ccc3c(c2)OCO3)cc(OC)c1. The van der Waals surface area contributed by atoms with Gasteiger partial charge in [-0.3, -0.25) is 4.79 Å². The minimum absolute atomic E-state index is 0.165. The van der Waals surface area contributed by atoms with Gasteiger partial charge in [0.25, 0.3) is 0 Å². The Morgan fingerprint density at radius 3 is 2.46 bits per heavy atom. The molecular weight excluding hydrogens is 334 g/mol. The van der Waals surface area contributed by atoms with E-state index in [2.05, 4.69) is 5.32 Å². The molecule has 0 bridgehead atoms. The van der Waals surface area contributed by atoms with E-state index in [4.69, 9.17) is 18.9 Å². The summed E-state index contributed by atoms with van der Waals surface area (Å²) in [5.74, 6) is 2.55. The maximum absolute atomic E-state index is 12.2. The van der Waals surface area contributed by atoms with Gasteiger partial charge in [-0.05, 0) is 48.4 Å². The van der Waals surface area contributed by atoms with E-state index in [1.165, 1.54) is 6.08 Å². The summed E-state index contributed by atoms with van der Waals surface area (Å²) in [6.45, 7) is 2.14. The average molecular weight is 355 g/mol. The second-order valence-corrected chi connectivity index (χ2v) is 5.82. The minimum Gasteiger partial charge on any atom is -0.497 e. The number of methoxy groups -OCH3 is 2. The van der Waals surface area contributed by atoms with Crippen LogP contribution in [0.4, 0.5) is 0 Å². The van der Waals surface area contributed by atoms with E-state index in [9.17, 15) is 4.79 Å². The number of fused-ring (bicyclic) bond motifs is 1. The van der Waals surface area contributed by atoms with Crippen LogP contribution in [-0.4, -0.2) is 26.9 Å². The Morgan fingerprint density at radius 1 is 1.08 bits per heavy atom. The number of carbonyl (C=O) groups is 1. The van der Waals surface area contributed by atoms with E-state index in [-0.39, 0.29) is 18.7 Å². The van der Waals surface area contributed by atoms with E-state index >= 15 is 0 Å². The summed E-state index contributed by atoms with van der Waals surface area (Å²) >= 11 is 0. The van der Waals surface area contributed by atoms with Crippen LogP contribution < -0.4 is 24.3 Å². The van der Waals surface area contributed by atoms with Crippen LogP contribution in [0.2, 0.25) is 0 Å². The molecule has 1 heterocycles. The predicted octanol–water partition coefficient (Wildman–Crippen LogP) is 3.32. The van der Waals surface area contributed by atoms with Crippen molar-refractivity contribution < 1.29 is 23.7 Å². The van der Waals surface area contributed by atoms with E-state index in [1.54, 1.807) is 26.4 Å². The fourth-order valence-electron chi connectivity index (χ4n) is 2.62. The van der Waals surface area contributed by atoms with Crippen molar-refractivity contribution in [3.05, 3.63) is 53.6 Å². The topological polar surface area (TPSA) is 66.0 Å². The second-order valence-electron chi connectivity index (χ2n) is 5.82. The Bertz CT molecular complexity index is 809. The first-order valence-electron chi connectivity index (χ1n) is 8.20. The highest BCUT2D eigenvalue weighted by molar-refractivity contribution is 5.92. The highest BCUT2D eigenvalue weighted by atomic mass is 16.7. The van der Waals surface area contributed by atoms with Crippen LogP contribution in [0.5, 0.6) is 23.0 Å². The third-order valence-corrected chi connectivity index (χ3v) is 4.06. The molecule has 0 aliphatic carbocycles. The molecular formula is C20H21NO5. The van der Waals surface area contributed by atoms with Crippen LogP contribution >= 0.6 is 0 Å². The van der Waals surface area contributed by atoms with Crippen molar-refractivity contribution in [3.63, 3.8) is 0 Å². The Labute approximate surface area is 152 Å². The monoisotopic (exact) mass is 355 g/mol. The molecule has 6 nitrogen and oxygen atoms in total. The fourth-order valence-corrected chi connectivity index (χ4v) is 2.62. The van der Waals surface area contributed by atoms with Gasteiger partial charge in [-0.1, -0.05) is 6.07 Å². The van der Waals surface area contributed by atoms with Gasteiger partial charge >= 0.3 is 0 Å². The van der Waals surface area contributed by atoms with Crippen LogP contribution in [-0.2, 0) is 4.79 Å². The molecule has 0 radical (unpaired) electrons. The van der Waals surface area contributed by atoms with Crippen molar-refractivity contribution in [2.24, 2.45) is 0 Å². The maximum atomic E-state index is 12.2. The van der Waals surface area contributed by atoms with Gasteiger partial charge in [-0.2, -0.15) is 0 Å². The zero-order valence-electron chi connectivity index (χ0n) is 14.9. The zero-order chi connectivity index (χ0) is 18.5. The molecule has 2 aromatic rings. The van der Waals surface area contributed by atoms with Crippen LogP contribution in [0.3, 0.4) is 0 Å². The summed E-state index contributed by atoms with van der Waals surface area (Å²) in [7, 11) is 3.17. The number of rotatable bonds is 6. The lowest BCUT2D eigenvalue weighted by atomic mass is 10.1. The number of hydrogen-bond acceptors (Lipinski definition) is 5. The highest BCUT2D eigenvalue weighted by Crippen LogP contribution is 2.34. The van der Waals surface area contributed by atoms with Crippen molar-refractivity contribution in [2.45, 2.75) is 13.0 Å². The number of nitrogens with one attached hydrogen (secondary N) is 1. The zero-order valence-corrected chi connectivity index (χ0v) is 14.9. The quantitative estimate of drug-likeness (QED) is 0.805. The molecule has 1 aliphatic rings. The number of ether oxygens (including phenoxy) is 4. The summed E-state index contributed by atoms with van der Waals surface area (Å²) in [5.41, 5.74) is 1.76. The molecule has 1 amide bonds. The molecule has 0 aromatic heterocycles. The molecule has 1 N–H and O–H groups in total. The maximum Gasteiger partial charge on any atom is 0.244 e. The predicted molar refractivity (Wildman–Crippen MR) is 97.7 cm³/mol. The molecule has 1 aliphatic heterocycles. The number of benzene rings is 2. The summed E-state index contributed by atoms with van der Waals surface area (Å²) in [4.78, 5) is 12.2. The lowest BCUT2D eigenvalue weighted by molar-refractivity contribution is -0.117. The first-order valence-corrected chi connectivity index (χ1v) is 8.20. The van der Waals surface area contributed by atoms with Crippen molar-refractivity contribution in [2.75, 3.05) is 21.0 Å². The molecule has 1 atom stereocenters. The van der Waals surface area contributed by atoms with E-state index in [0.717, 1.165) is 16.9 Å². The van der Waals surface area contributed by atoms with Gasteiger partial charge in [-0.25, -0.2) is 0 Å². The largest absolute Gasteiger partial charge is 0.497 e. The van der Waals surface area contributed by atoms with Crippen LogP contribution in [0.1, 0.15) is 24.1 Å². The van der Waals surface area contributed by atoms with Gasteiger partial charge in [0.15, 0.2) is 11.5 Å². The molecule has 0 spiro atoms. The summed E-state index contributed by atoms with van der Waals surface area (Å²) < 4.78 is 21.1. The van der Waals surface area contributed by atoms with Crippen molar-refractivity contribution in [1.29, 1.82) is 0 Å². The molecule has 6 heteroatoms. The lowest BCUT2D eigenvalue weighted by Gasteiger charge is -2.13. The Balaban J connectivity index is 1.65. The van der Waals surface area contributed by atoms with Crippen molar-refractivity contribution in [3.8, 4) is 23.0 Å². The van der Waals surface area contributed by atoms with Crippen LogP contribution in [0.15, 0.2) is 42.5 Å². The van der Waals surface area contributed by atoms with E-state index in [0.29, 0.717) is 17.2 Å². The standard InChI is InChI=1S/C20H21NO5/c1-13(15-5-6-18-19(10-15)26-12-25-18)21-20(22)7-4-14-8-16(23-2)11-17(9-14)24-3/h4-11,13H,12H2,1-3H3,(H,21,22)/b7-4+. The molecule has 1 unspecified atom stereocenters. The highest BCUT2D eigenvalue weighted by Gasteiger charge is 2.16. The van der Waals surface area contributed by atoms with Gasteiger partial charge in [0.2, 0.25) is 12.7 Å². The Kier molecular flexibility index (Phi) is 5.31. The number of carbonyl (C=O) groups excluding carboxylic acids is 1.